The molecule has 0 aliphatic heterocycles. The predicted octanol–water partition coefficient (Wildman–Crippen LogP) is 0.0565. The number of halogens is 3. The van der Waals surface area contributed by atoms with E-state index in [0.717, 1.165) is 39.9 Å². The number of carbonyl (C=O) groups excluding carboxylic acids is 7. The molecule has 3 aromatic rings. The largest absolute Gasteiger partial charge is 0.813 e. The number of carbonyl (C=O) groups is 8. The summed E-state index contributed by atoms with van der Waals surface area (Å²) >= 11 is 2.23. The summed E-state index contributed by atoms with van der Waals surface area (Å²) in [6, 6.07) is 9.50. The van der Waals surface area contributed by atoms with Crippen LogP contribution in [0.4, 0.5) is 8.78 Å². The zero-order valence-electron chi connectivity index (χ0n) is 42.0. The summed E-state index contributed by atoms with van der Waals surface area (Å²) in [7, 11) is 0. The van der Waals surface area contributed by atoms with E-state index in [1.807, 2.05) is 69.5 Å². The fourth-order valence-electron chi connectivity index (χ4n) is 8.50. The molecule has 0 saturated carbocycles. The highest BCUT2D eigenvalue weighted by Crippen LogP contribution is 2.42. The second-order valence-corrected chi connectivity index (χ2v) is 23.5. The Morgan fingerprint density at radius 3 is 2.07 bits per heavy atom. The summed E-state index contributed by atoms with van der Waals surface area (Å²) in [5.74, 6) is -8.65. The fourth-order valence-corrected chi connectivity index (χ4v) is 12.7. The number of carboxylic acids is 1. The number of carboxylic acid groups (broad SMARTS) is 1. The number of alkyl halides is 1. The number of hydrogen-bond acceptors (Lipinski definition) is 9. The average Bonchev–Trinajstić information content (AvgIpc) is 3.72. The summed E-state index contributed by atoms with van der Waals surface area (Å²) in [5, 5.41) is 32.1. The van der Waals surface area contributed by atoms with Gasteiger partial charge in [0.05, 0.1) is 25.4 Å². The molecular formula is C50H69AlF2IN8O10-. The number of aromatic nitrogens is 1. The van der Waals surface area contributed by atoms with Gasteiger partial charge in [0.1, 0.15) is 36.4 Å². The van der Waals surface area contributed by atoms with Gasteiger partial charge in [-0.3, -0.25) is 38.4 Å². The topological polar surface area (TPSA) is 271 Å². The summed E-state index contributed by atoms with van der Waals surface area (Å²) in [6.45, 7) is 11.2. The quantitative estimate of drug-likeness (QED) is 0.0201. The Morgan fingerprint density at radius 2 is 1.49 bits per heavy atom. The number of aliphatic carboxylic acids is 1. The van der Waals surface area contributed by atoms with Gasteiger partial charge in [-0.15, -0.1) is 0 Å². The molecule has 0 aliphatic carbocycles. The Bertz CT molecular complexity index is 2360. The molecule has 5 atom stereocenters. The van der Waals surface area contributed by atoms with E-state index >= 15 is 4.39 Å². The van der Waals surface area contributed by atoms with Crippen molar-refractivity contribution in [2.75, 3.05) is 29.5 Å². The van der Waals surface area contributed by atoms with E-state index in [-0.39, 0.29) is 44.6 Å². The van der Waals surface area contributed by atoms with Crippen LogP contribution in [0, 0.1) is 23.0 Å². The Kier molecular flexibility index (Phi) is 24.3. The normalized spacial score (nSPS) is 13.6. The van der Waals surface area contributed by atoms with Gasteiger partial charge in [-0.25, -0.2) is 12.1 Å². The molecule has 3 rings (SSSR count). The Morgan fingerprint density at radius 1 is 0.847 bits per heavy atom. The number of benzene rings is 2. The van der Waals surface area contributed by atoms with Crippen molar-refractivity contribution < 1.29 is 79.9 Å². The number of hydrogen-bond donors (Lipinski definition) is 8. The van der Waals surface area contributed by atoms with Crippen LogP contribution in [0.25, 0.3) is 11.1 Å². The molecule has 0 bridgehead atoms. The molecule has 2 aromatic carbocycles. The van der Waals surface area contributed by atoms with Crippen molar-refractivity contribution in [2.45, 2.75) is 122 Å². The highest BCUT2D eigenvalue weighted by Gasteiger charge is 2.38. The van der Waals surface area contributed by atoms with Crippen LogP contribution in [0.3, 0.4) is 0 Å². The Labute approximate surface area is 439 Å². The molecule has 0 aliphatic rings. The molecule has 0 saturated heterocycles. The molecule has 7 amide bonds. The van der Waals surface area contributed by atoms with Crippen LogP contribution < -0.4 is 54.9 Å². The molecule has 394 valence electrons. The van der Waals surface area contributed by atoms with Crippen LogP contribution in [0.5, 0.6) is 0 Å². The third kappa shape index (κ3) is 18.6. The lowest BCUT2D eigenvalue weighted by Gasteiger charge is -2.41. The van der Waals surface area contributed by atoms with Crippen LogP contribution in [0.2, 0.25) is 4.28 Å². The molecule has 0 fully saturated rings. The van der Waals surface area contributed by atoms with Gasteiger partial charge in [-0.2, -0.15) is 0 Å². The van der Waals surface area contributed by atoms with E-state index in [9.17, 15) is 53.0 Å². The van der Waals surface area contributed by atoms with Gasteiger partial charge < -0.3 is 74.6 Å². The number of rotatable bonds is 29. The highest BCUT2D eigenvalue weighted by molar-refractivity contribution is 6.39. The minimum atomic E-state index is -1.48. The molecule has 9 N–H and O–H groups in total. The van der Waals surface area contributed by atoms with Gasteiger partial charge in [0, 0.05) is 48.6 Å². The van der Waals surface area contributed by atoms with E-state index in [4.69, 9.17) is 5.73 Å². The molecule has 1 heterocycles. The summed E-state index contributed by atoms with van der Waals surface area (Å²) < 4.78 is 32.2. The van der Waals surface area contributed by atoms with Crippen molar-refractivity contribution in [2.24, 2.45) is 17.1 Å². The zero-order valence-corrected chi connectivity index (χ0v) is 45.3. The maximum absolute atomic E-state index is 15.2. The first kappa shape index (κ1) is 60.9. The molecule has 22 heteroatoms. The molecule has 1 aromatic heterocycles. The summed E-state index contributed by atoms with van der Waals surface area (Å²) in [6.07, 6.45) is 2.72. The smallest absolute Gasteiger partial charge is 0.304 e. The van der Waals surface area contributed by atoms with Crippen LogP contribution in [0.1, 0.15) is 104 Å². The second-order valence-electron chi connectivity index (χ2n) is 18.9. The fraction of sp³-hybridized carbons (Fsp3) is 0.520. The van der Waals surface area contributed by atoms with Crippen LogP contribution in [-0.2, 0) is 44.9 Å². The van der Waals surface area contributed by atoms with Crippen LogP contribution >= 0.6 is 0 Å². The van der Waals surface area contributed by atoms with Gasteiger partial charge in [-0.05, 0) is 61.9 Å². The number of nitrogens with two attached hydrogens (primary N) is 1. The maximum atomic E-state index is 15.2. The van der Waals surface area contributed by atoms with Gasteiger partial charge in [0.25, 0.3) is 0 Å². The van der Waals surface area contributed by atoms with Gasteiger partial charge >= 0.3 is 5.97 Å². The van der Waals surface area contributed by atoms with Gasteiger partial charge in [0.15, 0.2) is 15.2 Å². The average molecular weight is 1130 g/mol. The van der Waals surface area contributed by atoms with Crippen molar-refractivity contribution in [3.63, 3.8) is 0 Å². The minimum absolute atomic E-state index is 0.0117. The van der Waals surface area contributed by atoms with Gasteiger partial charge in [0.2, 0.25) is 41.4 Å². The van der Waals surface area contributed by atoms with E-state index < -0.39 is 120 Å². The lowest BCUT2D eigenvalue weighted by Crippen LogP contribution is -3.36. The van der Waals surface area contributed by atoms with E-state index in [0.29, 0.717) is 24.2 Å². The lowest BCUT2D eigenvalue weighted by atomic mass is 9.83. The summed E-state index contributed by atoms with van der Waals surface area (Å²) in [5.41, 5.74) is 6.56. The number of aliphatic hydroxyl groups excluding tert-OH is 1. The first-order valence-electron chi connectivity index (χ1n) is 23.8. The third-order valence-electron chi connectivity index (χ3n) is 12.5. The summed E-state index contributed by atoms with van der Waals surface area (Å²) in [4.78, 5) is 104. The molecule has 0 spiro atoms. The van der Waals surface area contributed by atoms with E-state index in [2.05, 4.69) is 49.2 Å². The Balaban J connectivity index is 1.68. The number of aliphatic hydroxyl groups is 1. The van der Waals surface area contributed by atoms with E-state index in [1.165, 1.54) is 18.7 Å². The number of primary amides is 1. The second kappa shape index (κ2) is 28.7. The first-order valence-corrected chi connectivity index (χ1v) is 26.8. The zero-order chi connectivity index (χ0) is 53.9. The monoisotopic (exact) mass is 1130 g/mol. The number of nitrogens with one attached hydrogen (secondary N) is 5. The lowest BCUT2D eigenvalue weighted by molar-refractivity contribution is -0.343. The van der Waals surface area contributed by atoms with Crippen molar-refractivity contribution in [1.29, 1.82) is 0 Å². The van der Waals surface area contributed by atoms with Gasteiger partial charge in [-0.1, -0.05) is 82.1 Å². The molecule has 2 radical (unpaired) electrons. The minimum Gasteiger partial charge on any atom is -0.813 e. The maximum Gasteiger partial charge on any atom is 0.304 e. The van der Waals surface area contributed by atoms with Crippen molar-refractivity contribution >= 4 is 62.5 Å². The first-order chi connectivity index (χ1) is 33.9. The van der Waals surface area contributed by atoms with Crippen LogP contribution in [0.15, 0.2) is 60.8 Å². The van der Waals surface area contributed by atoms with Crippen LogP contribution in [-0.4, -0.2) is 130 Å². The Hall–Kier alpha value is -5.44. The highest BCUT2D eigenvalue weighted by atomic mass is 127. The SMILES string of the molecule is CC[C](CC)(CC(CC(=O)O)C(=O)NCC(=O)N[C@@H](C)C(=O)N[C@@H](C)C(=O)N[C@@H](CC(N)=O)C(=O)NCCCN(C(=O)CO)[C@@H](c1cc(-c2cc(F)ccc2F)cn1Cc1ccccc1)C(C)(C)C)[Al][CH2][I-]. The molecule has 1 unspecified atom stereocenters. The molecule has 18 nitrogen and oxygen atoms in total. The standard InChI is InChI=1S/C49H67F2N8O10.CH2I.Al/c1-8-31(9-2)20-33(22-43(64)65)47(68)54-25-41(62)55-29(3)45(66)56-30(4)46(67)57-38(24-40(52)61)48(69)53-18-13-19-59(42(63)28-60)44(49(5,6)7)39-21-34(36-23-35(50)16-17-37(36)51)27-58(39)26-32-14-11-10-12-15-32;1-2;/h10-12,14-17,21,23,27,29-30,33,38,44,60H,8-9,13,18-20,22,24-26,28H2,1-7H3,(H2,52,61)(H,53,69)(H,54,68)(H,55,62)(H,56,66)(H,57,67)(H,64,65);1H2;/q;-1;/t29-,30-,33?,38-,44-;;/m0../s1. The molecule has 72 heavy (non-hydrogen) atoms. The number of nitrogens with zero attached hydrogens (tertiary/aromatic N) is 2. The van der Waals surface area contributed by atoms with Crippen molar-refractivity contribution in [3.05, 3.63) is 83.7 Å². The third-order valence-corrected chi connectivity index (χ3v) is 15.8. The van der Waals surface area contributed by atoms with Crippen molar-refractivity contribution in [1.82, 2.24) is 36.1 Å². The van der Waals surface area contributed by atoms with E-state index in [1.54, 1.807) is 12.3 Å². The number of amides is 7. The van der Waals surface area contributed by atoms with Crippen molar-refractivity contribution in [3.8, 4) is 11.1 Å². The predicted molar refractivity (Wildman–Crippen MR) is 262 cm³/mol. The molecular weight excluding hydrogens is 1060 g/mol.